The Bertz CT molecular complexity index is 305. The molecular formula is C12H16O2. The Morgan fingerprint density at radius 2 is 1.93 bits per heavy atom. The first kappa shape index (κ1) is 9.69. The third kappa shape index (κ3) is 1.35. The highest BCUT2D eigenvalue weighted by Gasteiger charge is 2.49. The van der Waals surface area contributed by atoms with Crippen molar-refractivity contribution in [1.82, 2.24) is 0 Å². The first-order chi connectivity index (χ1) is 6.66. The van der Waals surface area contributed by atoms with Crippen molar-refractivity contribution in [2.75, 3.05) is 6.61 Å². The van der Waals surface area contributed by atoms with Gasteiger partial charge in [0.05, 0.1) is 18.8 Å². The molecule has 1 saturated heterocycles. The average molecular weight is 192 g/mol. The molecule has 1 fully saturated rings. The van der Waals surface area contributed by atoms with E-state index in [1.165, 1.54) is 5.56 Å². The number of benzene rings is 1. The van der Waals surface area contributed by atoms with Gasteiger partial charge in [-0.3, -0.25) is 0 Å². The van der Waals surface area contributed by atoms with Gasteiger partial charge in [-0.05, 0) is 5.56 Å². The molecule has 2 heteroatoms. The zero-order valence-corrected chi connectivity index (χ0v) is 8.60. The lowest BCUT2D eigenvalue weighted by molar-refractivity contribution is -0.250. The third-order valence-corrected chi connectivity index (χ3v) is 3.07. The maximum absolute atomic E-state index is 9.06. The minimum Gasteiger partial charge on any atom is -0.394 e. The van der Waals surface area contributed by atoms with Crippen molar-refractivity contribution in [2.45, 2.75) is 26.1 Å². The first-order valence-electron chi connectivity index (χ1n) is 4.97. The van der Waals surface area contributed by atoms with Crippen LogP contribution in [0, 0.1) is 5.41 Å². The van der Waals surface area contributed by atoms with Crippen LogP contribution in [0.15, 0.2) is 30.3 Å². The van der Waals surface area contributed by atoms with E-state index in [1.54, 1.807) is 0 Å². The Kier molecular flexibility index (Phi) is 2.33. The van der Waals surface area contributed by atoms with Gasteiger partial charge in [0.15, 0.2) is 0 Å². The van der Waals surface area contributed by atoms with Crippen LogP contribution in [0.2, 0.25) is 0 Å². The summed E-state index contributed by atoms with van der Waals surface area (Å²) < 4.78 is 5.64. The van der Waals surface area contributed by atoms with E-state index < -0.39 is 0 Å². The van der Waals surface area contributed by atoms with Crippen LogP contribution in [0.5, 0.6) is 0 Å². The molecule has 14 heavy (non-hydrogen) atoms. The molecule has 0 aromatic heterocycles. The van der Waals surface area contributed by atoms with E-state index in [9.17, 15) is 0 Å². The second-order valence-corrected chi connectivity index (χ2v) is 4.42. The smallest absolute Gasteiger partial charge is 0.0906 e. The normalized spacial score (nSPS) is 29.6. The molecule has 0 saturated carbocycles. The van der Waals surface area contributed by atoms with E-state index in [1.807, 2.05) is 18.2 Å². The number of hydrogen-bond acceptors (Lipinski definition) is 2. The van der Waals surface area contributed by atoms with E-state index >= 15 is 0 Å². The van der Waals surface area contributed by atoms with Crippen LogP contribution < -0.4 is 0 Å². The van der Waals surface area contributed by atoms with Crippen LogP contribution >= 0.6 is 0 Å². The summed E-state index contributed by atoms with van der Waals surface area (Å²) >= 11 is 0. The van der Waals surface area contributed by atoms with Crippen LogP contribution in [0.4, 0.5) is 0 Å². The second kappa shape index (κ2) is 3.37. The molecule has 1 aromatic rings. The highest BCUT2D eigenvalue weighted by atomic mass is 16.5. The van der Waals surface area contributed by atoms with Gasteiger partial charge in [-0.15, -0.1) is 0 Å². The number of rotatable bonds is 2. The molecule has 2 rings (SSSR count). The summed E-state index contributed by atoms with van der Waals surface area (Å²) in [5, 5.41) is 9.06. The van der Waals surface area contributed by atoms with Crippen molar-refractivity contribution in [3.05, 3.63) is 35.9 Å². The molecule has 0 unspecified atom stereocenters. The van der Waals surface area contributed by atoms with Crippen LogP contribution in [0.1, 0.15) is 25.5 Å². The Balaban J connectivity index is 2.17. The summed E-state index contributed by atoms with van der Waals surface area (Å²) in [6.45, 7) is 4.38. The molecule has 2 nitrogen and oxygen atoms in total. The van der Waals surface area contributed by atoms with E-state index in [0.717, 1.165) is 0 Å². The van der Waals surface area contributed by atoms with Gasteiger partial charge in [0.25, 0.3) is 0 Å². The number of aliphatic hydroxyl groups excluding tert-OH is 1. The summed E-state index contributed by atoms with van der Waals surface area (Å²) in [7, 11) is 0. The van der Waals surface area contributed by atoms with Crippen LogP contribution in [-0.4, -0.2) is 17.8 Å². The SMILES string of the molecule is CC1(C)[C@@H](CO)O[C@H]1c1ccccc1. The summed E-state index contributed by atoms with van der Waals surface area (Å²) in [5.74, 6) is 0. The third-order valence-electron chi connectivity index (χ3n) is 3.07. The fourth-order valence-corrected chi connectivity index (χ4v) is 2.03. The van der Waals surface area contributed by atoms with Crippen molar-refractivity contribution in [3.63, 3.8) is 0 Å². The Hall–Kier alpha value is -0.860. The Morgan fingerprint density at radius 1 is 1.29 bits per heavy atom. The Labute approximate surface area is 84.5 Å². The fraction of sp³-hybridized carbons (Fsp3) is 0.500. The van der Waals surface area contributed by atoms with Gasteiger partial charge in [-0.25, -0.2) is 0 Å². The lowest BCUT2D eigenvalue weighted by Crippen LogP contribution is -2.52. The topological polar surface area (TPSA) is 29.5 Å². The van der Waals surface area contributed by atoms with E-state index in [2.05, 4.69) is 26.0 Å². The quantitative estimate of drug-likeness (QED) is 0.778. The lowest BCUT2D eigenvalue weighted by Gasteiger charge is -2.51. The van der Waals surface area contributed by atoms with E-state index in [0.29, 0.717) is 0 Å². The number of hydrogen-bond donors (Lipinski definition) is 1. The minimum atomic E-state index is -0.0206. The predicted molar refractivity (Wildman–Crippen MR) is 54.9 cm³/mol. The number of aliphatic hydroxyl groups is 1. The van der Waals surface area contributed by atoms with E-state index in [4.69, 9.17) is 9.84 Å². The van der Waals surface area contributed by atoms with Crippen molar-refractivity contribution in [2.24, 2.45) is 5.41 Å². The van der Waals surface area contributed by atoms with Crippen molar-refractivity contribution >= 4 is 0 Å². The molecule has 2 atom stereocenters. The molecule has 1 aliphatic rings. The molecule has 1 aliphatic heterocycles. The van der Waals surface area contributed by atoms with Crippen molar-refractivity contribution in [1.29, 1.82) is 0 Å². The summed E-state index contributed by atoms with van der Waals surface area (Å²) in [4.78, 5) is 0. The minimum absolute atomic E-state index is 0.0206. The number of ether oxygens (including phenoxy) is 1. The molecule has 1 aromatic carbocycles. The largest absolute Gasteiger partial charge is 0.394 e. The van der Waals surface area contributed by atoms with Crippen LogP contribution in [-0.2, 0) is 4.74 Å². The van der Waals surface area contributed by atoms with Crippen molar-refractivity contribution in [3.8, 4) is 0 Å². The highest BCUT2D eigenvalue weighted by Crippen LogP contribution is 2.50. The molecule has 0 aliphatic carbocycles. The molecule has 0 amide bonds. The van der Waals surface area contributed by atoms with Gasteiger partial charge in [-0.2, -0.15) is 0 Å². The average Bonchev–Trinajstić information content (AvgIpc) is 2.18. The zero-order chi connectivity index (χ0) is 10.2. The molecular weight excluding hydrogens is 176 g/mol. The standard InChI is InChI=1S/C12H16O2/c1-12(2)10(8-13)14-11(12)9-6-4-3-5-7-9/h3-7,10-11,13H,8H2,1-2H3/t10-,11+/m1/s1. The monoisotopic (exact) mass is 192 g/mol. The second-order valence-electron chi connectivity index (χ2n) is 4.42. The molecule has 1 N–H and O–H groups in total. The molecule has 0 spiro atoms. The molecule has 0 bridgehead atoms. The van der Waals surface area contributed by atoms with Gasteiger partial charge in [-0.1, -0.05) is 44.2 Å². The van der Waals surface area contributed by atoms with Crippen LogP contribution in [0.3, 0.4) is 0 Å². The summed E-state index contributed by atoms with van der Waals surface area (Å²) in [6.07, 6.45) is 0.105. The van der Waals surface area contributed by atoms with Gasteiger partial charge < -0.3 is 9.84 Å². The highest BCUT2D eigenvalue weighted by molar-refractivity contribution is 5.22. The van der Waals surface area contributed by atoms with Crippen molar-refractivity contribution < 1.29 is 9.84 Å². The maximum Gasteiger partial charge on any atom is 0.0906 e. The Morgan fingerprint density at radius 3 is 2.43 bits per heavy atom. The van der Waals surface area contributed by atoms with Gasteiger partial charge >= 0.3 is 0 Å². The molecule has 76 valence electrons. The fourth-order valence-electron chi connectivity index (χ4n) is 2.03. The van der Waals surface area contributed by atoms with Gasteiger partial charge in [0.1, 0.15) is 0 Å². The first-order valence-corrected chi connectivity index (χ1v) is 4.97. The maximum atomic E-state index is 9.06. The van der Waals surface area contributed by atoms with Gasteiger partial charge in [0, 0.05) is 5.41 Å². The van der Waals surface area contributed by atoms with E-state index in [-0.39, 0.29) is 24.2 Å². The van der Waals surface area contributed by atoms with Crippen LogP contribution in [0.25, 0.3) is 0 Å². The lowest BCUT2D eigenvalue weighted by atomic mass is 9.72. The predicted octanol–water partition coefficient (Wildman–Crippen LogP) is 2.15. The summed E-state index contributed by atoms with van der Waals surface area (Å²) in [5.41, 5.74) is 1.23. The van der Waals surface area contributed by atoms with Gasteiger partial charge in [0.2, 0.25) is 0 Å². The summed E-state index contributed by atoms with van der Waals surface area (Å²) in [6, 6.07) is 10.2. The zero-order valence-electron chi connectivity index (χ0n) is 8.60. The molecule has 1 heterocycles. The molecule has 0 radical (unpaired) electrons.